The van der Waals surface area contributed by atoms with E-state index in [0.717, 1.165) is 22.1 Å². The Kier molecular flexibility index (Phi) is 2.98. The number of fused-ring (bicyclic) bond motifs is 3. The van der Waals surface area contributed by atoms with Crippen LogP contribution in [0.25, 0.3) is 33.2 Å². The van der Waals surface area contributed by atoms with Crippen LogP contribution in [-0.4, -0.2) is 0 Å². The molecule has 0 radical (unpaired) electrons. The Hall–Kier alpha value is -2.58. The van der Waals surface area contributed by atoms with Crippen LogP contribution in [0.1, 0.15) is 0 Å². The number of rotatable bonds is 1. The summed E-state index contributed by atoms with van der Waals surface area (Å²) in [6.07, 6.45) is 0. The predicted octanol–water partition coefficient (Wildman–Crippen LogP) is 5.22. The third kappa shape index (κ3) is 2.09. The maximum absolute atomic E-state index is 12.4. The number of halogens is 1. The molecule has 0 atom stereocenters. The average Bonchev–Trinajstić information content (AvgIpc) is 2.70. The van der Waals surface area contributed by atoms with E-state index in [1.165, 1.54) is 0 Å². The van der Waals surface area contributed by atoms with Gasteiger partial charge in [-0.2, -0.15) is 0 Å². The molecule has 2 aliphatic carbocycles. The summed E-state index contributed by atoms with van der Waals surface area (Å²) in [5, 5.41) is 2.12. The smallest absolute Gasteiger partial charge is 0.344 e. The molecule has 106 valence electrons. The van der Waals surface area contributed by atoms with Crippen molar-refractivity contribution < 1.29 is 4.42 Å². The highest BCUT2D eigenvalue weighted by molar-refractivity contribution is 6.30. The maximum atomic E-state index is 12.4. The van der Waals surface area contributed by atoms with Gasteiger partial charge in [-0.1, -0.05) is 54.1 Å². The second-order valence-corrected chi connectivity index (χ2v) is 5.60. The highest BCUT2D eigenvalue weighted by Gasteiger charge is 2.15. The molecule has 1 aromatic heterocycles. The normalized spacial score (nSPS) is 11.1. The first-order chi connectivity index (χ1) is 10.7. The Morgan fingerprint density at radius 2 is 1.64 bits per heavy atom. The maximum Gasteiger partial charge on any atom is 0.344 e. The number of hydrogen-bond acceptors (Lipinski definition) is 2. The zero-order valence-corrected chi connectivity index (χ0v) is 12.3. The van der Waals surface area contributed by atoms with Crippen LogP contribution in [0.5, 0.6) is 0 Å². The van der Waals surface area contributed by atoms with Gasteiger partial charge < -0.3 is 4.42 Å². The standard InChI is InChI=1S/C19H11ClO2/c20-15-7-4-6-13(10-15)17-11-14-9-12-5-2-1-3-8-16(12)18(14)19(21)22-17/h1-11H. The third-order valence-electron chi connectivity index (χ3n) is 3.74. The second kappa shape index (κ2) is 5.00. The van der Waals surface area contributed by atoms with Gasteiger partial charge in [0.15, 0.2) is 0 Å². The van der Waals surface area contributed by atoms with Gasteiger partial charge in [-0.15, -0.1) is 0 Å². The lowest BCUT2D eigenvalue weighted by Crippen LogP contribution is -1.99. The monoisotopic (exact) mass is 306 g/mol. The molecule has 0 fully saturated rings. The van der Waals surface area contributed by atoms with E-state index in [9.17, 15) is 4.79 Å². The molecular weight excluding hydrogens is 296 g/mol. The van der Waals surface area contributed by atoms with Crippen LogP contribution in [0.2, 0.25) is 5.02 Å². The molecule has 0 N–H and O–H groups in total. The molecule has 0 aliphatic heterocycles. The van der Waals surface area contributed by atoms with Gasteiger partial charge in [0.05, 0.1) is 5.39 Å². The van der Waals surface area contributed by atoms with Crippen molar-refractivity contribution in [3.05, 3.63) is 82.2 Å². The lowest BCUT2D eigenvalue weighted by Gasteiger charge is -2.01. The van der Waals surface area contributed by atoms with Crippen molar-refractivity contribution in [1.29, 1.82) is 0 Å². The minimum Gasteiger partial charge on any atom is -0.422 e. The molecule has 1 heterocycles. The minimum atomic E-state index is -0.325. The Morgan fingerprint density at radius 1 is 0.818 bits per heavy atom. The van der Waals surface area contributed by atoms with Crippen molar-refractivity contribution in [3.63, 3.8) is 0 Å². The lowest BCUT2D eigenvalue weighted by molar-refractivity contribution is 0.535. The molecule has 1 aromatic carbocycles. The Balaban J connectivity index is 2.04. The third-order valence-corrected chi connectivity index (χ3v) is 3.98. The van der Waals surface area contributed by atoms with E-state index in [1.54, 1.807) is 12.1 Å². The predicted molar refractivity (Wildman–Crippen MR) is 89.6 cm³/mol. The zero-order valence-electron chi connectivity index (χ0n) is 11.5. The summed E-state index contributed by atoms with van der Waals surface area (Å²) in [6, 6.07) is 20.9. The van der Waals surface area contributed by atoms with Gasteiger partial charge in [0, 0.05) is 10.6 Å². The van der Waals surface area contributed by atoms with Crippen molar-refractivity contribution in [3.8, 4) is 22.5 Å². The first kappa shape index (κ1) is 13.1. The van der Waals surface area contributed by atoms with E-state index in [2.05, 4.69) is 0 Å². The van der Waals surface area contributed by atoms with Crippen LogP contribution in [0.15, 0.2) is 75.9 Å². The highest BCUT2D eigenvalue weighted by atomic mass is 35.5. The SMILES string of the molecule is O=c1oc(-c2cccc(Cl)c2)cc2cc3cccccc-3c12. The summed E-state index contributed by atoms with van der Waals surface area (Å²) in [7, 11) is 0. The van der Waals surface area contributed by atoms with Crippen LogP contribution < -0.4 is 5.63 Å². The fraction of sp³-hybridized carbons (Fsp3) is 0. The molecule has 0 saturated heterocycles. The van der Waals surface area contributed by atoms with Crippen LogP contribution in [0.4, 0.5) is 0 Å². The van der Waals surface area contributed by atoms with Crippen molar-refractivity contribution in [2.75, 3.05) is 0 Å². The van der Waals surface area contributed by atoms with Crippen molar-refractivity contribution in [2.24, 2.45) is 0 Å². The van der Waals surface area contributed by atoms with Gasteiger partial charge in [0.2, 0.25) is 0 Å². The zero-order chi connectivity index (χ0) is 15.1. The molecule has 2 nitrogen and oxygen atoms in total. The van der Waals surface area contributed by atoms with E-state index < -0.39 is 0 Å². The molecule has 0 unspecified atom stereocenters. The van der Waals surface area contributed by atoms with E-state index in [1.807, 2.05) is 54.6 Å². The summed E-state index contributed by atoms with van der Waals surface area (Å²) in [5.41, 5.74) is 2.40. The molecule has 0 amide bonds. The minimum absolute atomic E-state index is 0.325. The quantitative estimate of drug-likeness (QED) is 0.483. The van der Waals surface area contributed by atoms with Gasteiger partial charge in [0.1, 0.15) is 5.76 Å². The summed E-state index contributed by atoms with van der Waals surface area (Å²) in [6.45, 7) is 0. The van der Waals surface area contributed by atoms with Gasteiger partial charge in [-0.3, -0.25) is 0 Å². The topological polar surface area (TPSA) is 30.2 Å². The Labute approximate surface area is 131 Å². The summed E-state index contributed by atoms with van der Waals surface area (Å²) < 4.78 is 5.51. The molecule has 2 aliphatic rings. The molecule has 22 heavy (non-hydrogen) atoms. The van der Waals surface area contributed by atoms with Crippen molar-refractivity contribution in [1.82, 2.24) is 0 Å². The first-order valence-corrected chi connectivity index (χ1v) is 7.32. The van der Waals surface area contributed by atoms with Crippen LogP contribution in [0.3, 0.4) is 0 Å². The summed E-state index contributed by atoms with van der Waals surface area (Å²) >= 11 is 6.01. The van der Waals surface area contributed by atoms with Crippen LogP contribution in [-0.2, 0) is 0 Å². The fourth-order valence-corrected chi connectivity index (χ4v) is 2.95. The van der Waals surface area contributed by atoms with Gasteiger partial charge >= 0.3 is 5.63 Å². The molecule has 2 aromatic rings. The van der Waals surface area contributed by atoms with Gasteiger partial charge in [-0.05, 0) is 40.8 Å². The molecule has 4 rings (SSSR count). The van der Waals surface area contributed by atoms with E-state index in [4.69, 9.17) is 16.0 Å². The van der Waals surface area contributed by atoms with E-state index in [0.29, 0.717) is 16.2 Å². The molecule has 3 heteroatoms. The first-order valence-electron chi connectivity index (χ1n) is 6.94. The van der Waals surface area contributed by atoms with Crippen molar-refractivity contribution in [2.45, 2.75) is 0 Å². The van der Waals surface area contributed by atoms with E-state index >= 15 is 0 Å². The molecule has 0 spiro atoms. The van der Waals surface area contributed by atoms with Gasteiger partial charge in [-0.25, -0.2) is 4.79 Å². The average molecular weight is 307 g/mol. The number of benzene rings is 1. The number of hydrogen-bond donors (Lipinski definition) is 0. The summed E-state index contributed by atoms with van der Waals surface area (Å²) in [4.78, 5) is 12.4. The van der Waals surface area contributed by atoms with Crippen LogP contribution >= 0.6 is 11.6 Å². The molecular formula is C19H11ClO2. The lowest BCUT2D eigenvalue weighted by atomic mass is 10.1. The molecule has 0 saturated carbocycles. The fourth-order valence-electron chi connectivity index (χ4n) is 2.76. The largest absolute Gasteiger partial charge is 0.422 e. The second-order valence-electron chi connectivity index (χ2n) is 5.16. The van der Waals surface area contributed by atoms with Crippen LogP contribution in [0, 0.1) is 0 Å². The Morgan fingerprint density at radius 3 is 2.50 bits per heavy atom. The van der Waals surface area contributed by atoms with E-state index in [-0.39, 0.29) is 5.63 Å². The highest BCUT2D eigenvalue weighted by Crippen LogP contribution is 2.33. The molecule has 0 bridgehead atoms. The van der Waals surface area contributed by atoms with Gasteiger partial charge in [0.25, 0.3) is 0 Å². The summed E-state index contributed by atoms with van der Waals surface area (Å²) in [5.74, 6) is 0.527. The Bertz CT molecular complexity index is 1020. The van der Waals surface area contributed by atoms with Crippen molar-refractivity contribution >= 4 is 22.4 Å².